The first-order chi connectivity index (χ1) is 10.7. The van der Waals surface area contributed by atoms with Crippen LogP contribution in [-0.4, -0.2) is 22.3 Å². The zero-order chi connectivity index (χ0) is 17.0. The number of hydrogen-bond donors (Lipinski definition) is 2. The summed E-state index contributed by atoms with van der Waals surface area (Å²) in [5.41, 5.74) is 2.02. The highest BCUT2D eigenvalue weighted by Crippen LogP contribution is 2.12. The Hall–Kier alpha value is -2.69. The van der Waals surface area contributed by atoms with Crippen LogP contribution in [0.25, 0.3) is 0 Å². The molecule has 0 saturated heterocycles. The lowest BCUT2D eigenvalue weighted by molar-refractivity contribution is 0.0914. The number of anilines is 1. The van der Waals surface area contributed by atoms with Crippen LogP contribution >= 0.6 is 0 Å². The Kier molecular flexibility index (Phi) is 4.79. The fraction of sp³-hybridized carbons (Fsp3) is 0.278. The molecule has 5 heteroatoms. The first kappa shape index (κ1) is 16.7. The molecule has 120 valence electrons. The number of aromatic nitrogens is 1. The zero-order valence-corrected chi connectivity index (χ0v) is 13.8. The number of aryl methyl sites for hydroxylation is 1. The minimum atomic E-state index is -0.363. The molecule has 0 aliphatic rings. The normalized spacial score (nSPS) is 11.0. The fourth-order valence-electron chi connectivity index (χ4n) is 2.03. The van der Waals surface area contributed by atoms with Crippen molar-refractivity contribution < 1.29 is 9.59 Å². The molecule has 0 aliphatic heterocycles. The molecule has 2 aromatic rings. The number of carbonyl (C=O) groups is 2. The van der Waals surface area contributed by atoms with E-state index in [0.29, 0.717) is 11.3 Å². The number of nitrogens with zero attached hydrogens (tertiary/aromatic N) is 1. The monoisotopic (exact) mass is 311 g/mol. The molecule has 0 fully saturated rings. The van der Waals surface area contributed by atoms with E-state index in [1.807, 2.05) is 52.0 Å². The van der Waals surface area contributed by atoms with Gasteiger partial charge in [0.2, 0.25) is 0 Å². The van der Waals surface area contributed by atoms with Crippen molar-refractivity contribution in [3.8, 4) is 0 Å². The van der Waals surface area contributed by atoms with Gasteiger partial charge in [-0.05, 0) is 57.5 Å². The second kappa shape index (κ2) is 6.60. The van der Waals surface area contributed by atoms with Gasteiger partial charge in [0.15, 0.2) is 0 Å². The van der Waals surface area contributed by atoms with E-state index in [0.717, 1.165) is 5.56 Å². The van der Waals surface area contributed by atoms with Gasteiger partial charge in [-0.15, -0.1) is 0 Å². The number of pyridine rings is 1. The summed E-state index contributed by atoms with van der Waals surface area (Å²) >= 11 is 0. The molecule has 5 nitrogen and oxygen atoms in total. The van der Waals surface area contributed by atoms with Gasteiger partial charge in [-0.25, -0.2) is 0 Å². The van der Waals surface area contributed by atoms with Crippen LogP contribution in [0.1, 0.15) is 47.2 Å². The lowest BCUT2D eigenvalue weighted by atomic mass is 10.1. The van der Waals surface area contributed by atoms with Crippen LogP contribution in [0, 0.1) is 6.92 Å². The van der Waals surface area contributed by atoms with Gasteiger partial charge in [0.05, 0.1) is 0 Å². The van der Waals surface area contributed by atoms with E-state index < -0.39 is 0 Å². The van der Waals surface area contributed by atoms with E-state index in [-0.39, 0.29) is 23.0 Å². The molecule has 1 heterocycles. The maximum Gasteiger partial charge on any atom is 0.270 e. The van der Waals surface area contributed by atoms with E-state index in [2.05, 4.69) is 15.6 Å². The average molecular weight is 311 g/mol. The predicted octanol–water partition coefficient (Wildman–Crippen LogP) is 3.17. The first-order valence-electron chi connectivity index (χ1n) is 7.41. The summed E-state index contributed by atoms with van der Waals surface area (Å²) < 4.78 is 0. The summed E-state index contributed by atoms with van der Waals surface area (Å²) in [4.78, 5) is 28.5. The Morgan fingerprint density at radius 3 is 2.43 bits per heavy atom. The summed E-state index contributed by atoms with van der Waals surface area (Å²) in [5, 5.41) is 5.64. The highest BCUT2D eigenvalue weighted by atomic mass is 16.2. The summed E-state index contributed by atoms with van der Waals surface area (Å²) in [6.45, 7) is 7.62. The van der Waals surface area contributed by atoms with Crippen molar-refractivity contribution >= 4 is 17.5 Å². The van der Waals surface area contributed by atoms with Crippen LogP contribution in [0.2, 0.25) is 0 Å². The molecule has 0 bridgehead atoms. The summed E-state index contributed by atoms with van der Waals surface area (Å²) in [6.07, 6.45) is 1.46. The van der Waals surface area contributed by atoms with Crippen LogP contribution in [0.3, 0.4) is 0 Å². The fourth-order valence-corrected chi connectivity index (χ4v) is 2.03. The number of hydrogen-bond acceptors (Lipinski definition) is 3. The molecule has 1 aromatic heterocycles. The quantitative estimate of drug-likeness (QED) is 0.914. The Balaban J connectivity index is 2.16. The van der Waals surface area contributed by atoms with Crippen molar-refractivity contribution in [2.24, 2.45) is 0 Å². The van der Waals surface area contributed by atoms with E-state index >= 15 is 0 Å². The van der Waals surface area contributed by atoms with Crippen LogP contribution in [0.4, 0.5) is 5.69 Å². The molecule has 2 amide bonds. The standard InChI is InChI=1S/C18H21N3O2/c1-12-6-5-7-14(10-12)20-16(22)13-8-9-19-15(11-13)17(23)21-18(2,3)4/h5-11H,1-4H3,(H,20,22)(H,21,23). The Morgan fingerprint density at radius 1 is 1.04 bits per heavy atom. The average Bonchev–Trinajstić information content (AvgIpc) is 2.45. The van der Waals surface area contributed by atoms with Gasteiger partial charge >= 0.3 is 0 Å². The highest BCUT2D eigenvalue weighted by Gasteiger charge is 2.17. The molecule has 2 rings (SSSR count). The maximum absolute atomic E-state index is 12.3. The van der Waals surface area contributed by atoms with Crippen LogP contribution < -0.4 is 10.6 Å². The van der Waals surface area contributed by atoms with Gasteiger partial charge in [0, 0.05) is 23.0 Å². The summed E-state index contributed by atoms with van der Waals surface area (Å²) in [6, 6.07) is 10.6. The van der Waals surface area contributed by atoms with Crippen molar-refractivity contribution in [2.75, 3.05) is 5.32 Å². The van der Waals surface area contributed by atoms with Crippen LogP contribution in [0.5, 0.6) is 0 Å². The van der Waals surface area contributed by atoms with Crippen molar-refractivity contribution in [3.05, 3.63) is 59.4 Å². The van der Waals surface area contributed by atoms with Gasteiger partial charge in [-0.2, -0.15) is 0 Å². The van der Waals surface area contributed by atoms with Gasteiger partial charge in [-0.3, -0.25) is 14.6 Å². The third-order valence-corrected chi connectivity index (χ3v) is 3.02. The number of rotatable bonds is 3. The first-order valence-corrected chi connectivity index (χ1v) is 7.41. The molecule has 0 unspecified atom stereocenters. The SMILES string of the molecule is Cc1cccc(NC(=O)c2ccnc(C(=O)NC(C)(C)C)c2)c1. The smallest absolute Gasteiger partial charge is 0.270 e. The molecule has 2 N–H and O–H groups in total. The Labute approximate surface area is 136 Å². The molecule has 0 atom stereocenters. The van der Waals surface area contributed by atoms with Crippen LogP contribution in [0.15, 0.2) is 42.6 Å². The Bertz CT molecular complexity index is 733. The molecule has 1 aromatic carbocycles. The molecule has 0 aliphatic carbocycles. The molecule has 0 radical (unpaired) electrons. The van der Waals surface area contributed by atoms with Gasteiger partial charge in [0.25, 0.3) is 11.8 Å². The zero-order valence-electron chi connectivity index (χ0n) is 13.8. The van der Waals surface area contributed by atoms with E-state index in [4.69, 9.17) is 0 Å². The number of amides is 2. The van der Waals surface area contributed by atoms with Crippen LogP contribution in [-0.2, 0) is 0 Å². The largest absolute Gasteiger partial charge is 0.346 e. The number of nitrogens with one attached hydrogen (secondary N) is 2. The van der Waals surface area contributed by atoms with Gasteiger partial charge in [-0.1, -0.05) is 12.1 Å². The number of carbonyl (C=O) groups excluding carboxylic acids is 2. The number of benzene rings is 1. The molecule has 0 saturated carbocycles. The third-order valence-electron chi connectivity index (χ3n) is 3.02. The Morgan fingerprint density at radius 2 is 1.78 bits per heavy atom. The topological polar surface area (TPSA) is 71.1 Å². The van der Waals surface area contributed by atoms with E-state index in [1.165, 1.54) is 12.3 Å². The van der Waals surface area contributed by atoms with Crippen molar-refractivity contribution in [3.63, 3.8) is 0 Å². The lowest BCUT2D eigenvalue weighted by Gasteiger charge is -2.20. The highest BCUT2D eigenvalue weighted by molar-refractivity contribution is 6.05. The maximum atomic E-state index is 12.3. The molecular formula is C18H21N3O2. The lowest BCUT2D eigenvalue weighted by Crippen LogP contribution is -2.41. The molecule has 23 heavy (non-hydrogen) atoms. The van der Waals surface area contributed by atoms with Crippen molar-refractivity contribution in [2.45, 2.75) is 33.2 Å². The minimum Gasteiger partial charge on any atom is -0.346 e. The van der Waals surface area contributed by atoms with Gasteiger partial charge < -0.3 is 10.6 Å². The second-order valence-corrected chi connectivity index (χ2v) is 6.46. The predicted molar refractivity (Wildman–Crippen MR) is 90.6 cm³/mol. The van der Waals surface area contributed by atoms with Gasteiger partial charge in [0.1, 0.15) is 5.69 Å². The third kappa shape index (κ3) is 4.92. The van der Waals surface area contributed by atoms with E-state index in [1.54, 1.807) is 6.07 Å². The minimum absolute atomic E-state index is 0.219. The molecular weight excluding hydrogens is 290 g/mol. The van der Waals surface area contributed by atoms with Crippen molar-refractivity contribution in [1.29, 1.82) is 0 Å². The van der Waals surface area contributed by atoms with E-state index in [9.17, 15) is 9.59 Å². The summed E-state index contributed by atoms with van der Waals surface area (Å²) in [5.74, 6) is -0.578. The van der Waals surface area contributed by atoms with Crippen molar-refractivity contribution in [1.82, 2.24) is 10.3 Å². The summed E-state index contributed by atoms with van der Waals surface area (Å²) in [7, 11) is 0. The molecule has 0 spiro atoms. The second-order valence-electron chi connectivity index (χ2n) is 6.46.